The van der Waals surface area contributed by atoms with Gasteiger partial charge in [0.1, 0.15) is 10.6 Å². The first kappa shape index (κ1) is 19.2. The second-order valence-corrected chi connectivity index (χ2v) is 8.50. The van der Waals surface area contributed by atoms with Crippen molar-refractivity contribution in [3.05, 3.63) is 59.1 Å². The molecule has 1 aliphatic heterocycles. The van der Waals surface area contributed by atoms with Gasteiger partial charge in [-0.2, -0.15) is 4.31 Å². The first-order valence-corrected chi connectivity index (χ1v) is 10.5. The molecule has 2 aromatic carbocycles. The van der Waals surface area contributed by atoms with Crippen molar-refractivity contribution in [2.75, 3.05) is 32.8 Å². The Balaban J connectivity index is 1.59. The summed E-state index contributed by atoms with van der Waals surface area (Å²) in [6.07, 6.45) is 0. The average Bonchev–Trinajstić information content (AvgIpc) is 2.64. The van der Waals surface area contributed by atoms with Crippen molar-refractivity contribution in [1.82, 2.24) is 9.21 Å². The van der Waals surface area contributed by atoms with Crippen LogP contribution in [-0.2, 0) is 16.6 Å². The van der Waals surface area contributed by atoms with Crippen LogP contribution in [0, 0.1) is 0 Å². The summed E-state index contributed by atoms with van der Waals surface area (Å²) in [7, 11) is -3.54. The summed E-state index contributed by atoms with van der Waals surface area (Å²) in [6, 6.07) is 14.6. The molecule has 1 aliphatic rings. The maximum atomic E-state index is 12.8. The van der Waals surface area contributed by atoms with Gasteiger partial charge >= 0.3 is 0 Å². The first-order valence-electron chi connectivity index (χ1n) is 8.69. The van der Waals surface area contributed by atoms with Gasteiger partial charge in [0.2, 0.25) is 10.0 Å². The second-order valence-electron chi connectivity index (χ2n) is 6.19. The van der Waals surface area contributed by atoms with Crippen molar-refractivity contribution >= 4 is 21.6 Å². The summed E-state index contributed by atoms with van der Waals surface area (Å²) in [5.41, 5.74) is 1.19. The maximum absolute atomic E-state index is 12.8. The van der Waals surface area contributed by atoms with E-state index in [2.05, 4.69) is 17.0 Å². The summed E-state index contributed by atoms with van der Waals surface area (Å²) >= 11 is 6.07. The van der Waals surface area contributed by atoms with E-state index in [1.54, 1.807) is 24.3 Å². The van der Waals surface area contributed by atoms with Crippen molar-refractivity contribution in [3.8, 4) is 5.75 Å². The number of halogens is 1. The topological polar surface area (TPSA) is 49.9 Å². The van der Waals surface area contributed by atoms with Gasteiger partial charge in [0, 0.05) is 32.7 Å². The van der Waals surface area contributed by atoms with Crippen LogP contribution in [0.1, 0.15) is 12.5 Å². The van der Waals surface area contributed by atoms with Crippen LogP contribution in [0.2, 0.25) is 5.02 Å². The average molecular weight is 395 g/mol. The van der Waals surface area contributed by atoms with E-state index in [0.717, 1.165) is 12.3 Å². The highest BCUT2D eigenvalue weighted by Crippen LogP contribution is 2.25. The highest BCUT2D eigenvalue weighted by atomic mass is 35.5. The number of ether oxygens (including phenoxy) is 1. The summed E-state index contributed by atoms with van der Waals surface area (Å²) in [5, 5.41) is 0.268. The van der Waals surface area contributed by atoms with Crippen LogP contribution in [0.25, 0.3) is 0 Å². The number of hydrogen-bond donors (Lipinski definition) is 0. The Kier molecular flexibility index (Phi) is 6.19. The molecule has 1 fully saturated rings. The van der Waals surface area contributed by atoms with Crippen LogP contribution < -0.4 is 4.74 Å². The van der Waals surface area contributed by atoms with Gasteiger partial charge in [-0.3, -0.25) is 4.90 Å². The van der Waals surface area contributed by atoms with Gasteiger partial charge < -0.3 is 4.74 Å². The molecule has 0 radical (unpaired) electrons. The van der Waals surface area contributed by atoms with Crippen molar-refractivity contribution in [1.29, 1.82) is 0 Å². The molecule has 5 nitrogen and oxygen atoms in total. The molecule has 3 rings (SSSR count). The molecule has 140 valence electrons. The lowest BCUT2D eigenvalue weighted by atomic mass is 10.2. The molecule has 7 heteroatoms. The Bertz CT molecular complexity index is 832. The largest absolute Gasteiger partial charge is 0.494 e. The Morgan fingerprint density at radius 3 is 2.27 bits per heavy atom. The van der Waals surface area contributed by atoms with Crippen LogP contribution in [0.15, 0.2) is 53.4 Å². The van der Waals surface area contributed by atoms with E-state index in [1.165, 1.54) is 9.87 Å². The minimum Gasteiger partial charge on any atom is -0.494 e. The van der Waals surface area contributed by atoms with Gasteiger partial charge in [-0.25, -0.2) is 8.42 Å². The van der Waals surface area contributed by atoms with Crippen LogP contribution in [0.5, 0.6) is 5.75 Å². The monoisotopic (exact) mass is 394 g/mol. The molecule has 1 saturated heterocycles. The van der Waals surface area contributed by atoms with E-state index in [9.17, 15) is 8.42 Å². The number of rotatable bonds is 6. The van der Waals surface area contributed by atoms with Crippen LogP contribution >= 0.6 is 11.6 Å². The summed E-state index contributed by atoms with van der Waals surface area (Å²) in [5.74, 6) is 0.868. The Morgan fingerprint density at radius 2 is 1.65 bits per heavy atom. The smallest absolute Gasteiger partial charge is 0.244 e. The van der Waals surface area contributed by atoms with E-state index in [4.69, 9.17) is 16.3 Å². The number of benzene rings is 2. The zero-order valence-electron chi connectivity index (χ0n) is 14.8. The Hall–Kier alpha value is -1.60. The van der Waals surface area contributed by atoms with E-state index in [0.29, 0.717) is 32.8 Å². The normalized spacial score (nSPS) is 16.5. The third-order valence-electron chi connectivity index (χ3n) is 4.43. The highest BCUT2D eigenvalue weighted by Gasteiger charge is 2.29. The Labute approximate surface area is 160 Å². The lowest BCUT2D eigenvalue weighted by molar-refractivity contribution is 0.181. The molecule has 0 atom stereocenters. The molecule has 0 spiro atoms. The SMILES string of the molecule is CCOc1ccc(CN2CCN(S(=O)(=O)c3ccccc3Cl)CC2)cc1. The molecule has 0 bridgehead atoms. The maximum Gasteiger partial charge on any atom is 0.244 e. The molecule has 26 heavy (non-hydrogen) atoms. The molecule has 1 heterocycles. The van der Waals surface area contributed by atoms with Gasteiger partial charge in [-0.05, 0) is 36.8 Å². The minimum atomic E-state index is -3.54. The van der Waals surface area contributed by atoms with E-state index < -0.39 is 10.0 Å². The molecule has 2 aromatic rings. The minimum absolute atomic E-state index is 0.182. The van der Waals surface area contributed by atoms with Crippen molar-refractivity contribution in [2.45, 2.75) is 18.4 Å². The van der Waals surface area contributed by atoms with E-state index >= 15 is 0 Å². The lowest BCUT2D eigenvalue weighted by Gasteiger charge is -2.34. The fourth-order valence-corrected chi connectivity index (χ4v) is 4.95. The lowest BCUT2D eigenvalue weighted by Crippen LogP contribution is -2.48. The van der Waals surface area contributed by atoms with Crippen molar-refractivity contribution < 1.29 is 13.2 Å². The van der Waals surface area contributed by atoms with Gasteiger partial charge in [0.05, 0.1) is 11.6 Å². The first-order chi connectivity index (χ1) is 12.5. The van der Waals surface area contributed by atoms with E-state index in [1.807, 2.05) is 19.1 Å². The highest BCUT2D eigenvalue weighted by molar-refractivity contribution is 7.89. The zero-order valence-corrected chi connectivity index (χ0v) is 16.3. The number of piperazine rings is 1. The van der Waals surface area contributed by atoms with Crippen molar-refractivity contribution in [2.24, 2.45) is 0 Å². The van der Waals surface area contributed by atoms with E-state index in [-0.39, 0.29) is 9.92 Å². The third-order valence-corrected chi connectivity index (χ3v) is 6.82. The molecule has 0 unspecified atom stereocenters. The molecule has 0 aliphatic carbocycles. The predicted molar refractivity (Wildman–Crippen MR) is 103 cm³/mol. The molecular formula is C19H23ClN2O3S. The van der Waals surface area contributed by atoms with Gasteiger partial charge in [-0.15, -0.1) is 0 Å². The quantitative estimate of drug-likeness (QED) is 0.754. The van der Waals surface area contributed by atoms with Crippen LogP contribution in [0.4, 0.5) is 0 Å². The zero-order chi connectivity index (χ0) is 18.6. The summed E-state index contributed by atoms with van der Waals surface area (Å²) < 4.78 is 32.5. The van der Waals surface area contributed by atoms with Crippen molar-refractivity contribution in [3.63, 3.8) is 0 Å². The number of hydrogen-bond acceptors (Lipinski definition) is 4. The standard InChI is InChI=1S/C19H23ClN2O3S/c1-2-25-17-9-7-16(8-10-17)15-21-11-13-22(14-12-21)26(23,24)19-6-4-3-5-18(19)20/h3-10H,2,11-15H2,1H3. The second kappa shape index (κ2) is 8.39. The molecule has 0 aromatic heterocycles. The Morgan fingerprint density at radius 1 is 1.00 bits per heavy atom. The predicted octanol–water partition coefficient (Wildman–Crippen LogP) is 3.25. The van der Waals surface area contributed by atoms with Gasteiger partial charge in [0.15, 0.2) is 0 Å². The number of nitrogens with zero attached hydrogens (tertiary/aromatic N) is 2. The summed E-state index contributed by atoms with van der Waals surface area (Å²) in [4.78, 5) is 2.44. The molecule has 0 amide bonds. The molecule has 0 N–H and O–H groups in total. The third kappa shape index (κ3) is 4.38. The number of sulfonamides is 1. The van der Waals surface area contributed by atoms with Gasteiger partial charge in [-0.1, -0.05) is 35.9 Å². The fourth-order valence-electron chi connectivity index (χ4n) is 3.04. The fraction of sp³-hybridized carbons (Fsp3) is 0.368. The molecule has 0 saturated carbocycles. The summed E-state index contributed by atoms with van der Waals surface area (Å²) in [6.45, 7) is 5.72. The molecular weight excluding hydrogens is 372 g/mol. The van der Waals surface area contributed by atoms with Crippen LogP contribution in [0.3, 0.4) is 0 Å². The van der Waals surface area contributed by atoms with Crippen LogP contribution in [-0.4, -0.2) is 50.4 Å². The van der Waals surface area contributed by atoms with Gasteiger partial charge in [0.25, 0.3) is 0 Å².